The van der Waals surface area contributed by atoms with Gasteiger partial charge in [0.2, 0.25) is 5.91 Å². The van der Waals surface area contributed by atoms with Crippen molar-refractivity contribution in [2.24, 2.45) is 0 Å². The molecule has 0 fully saturated rings. The molecule has 1 amide bonds. The van der Waals surface area contributed by atoms with Gasteiger partial charge in [0.15, 0.2) is 0 Å². The second-order valence-electron chi connectivity index (χ2n) is 4.19. The number of hydrogen-bond acceptors (Lipinski definition) is 1. The van der Waals surface area contributed by atoms with Gasteiger partial charge in [0.1, 0.15) is 0 Å². The molecule has 1 heterocycles. The van der Waals surface area contributed by atoms with Crippen molar-refractivity contribution < 1.29 is 4.79 Å². The molecule has 0 saturated heterocycles. The van der Waals surface area contributed by atoms with Crippen LogP contribution in [0.15, 0.2) is 12.1 Å². The molecule has 3 heteroatoms. The Hall–Kier alpha value is -1.02. The van der Waals surface area contributed by atoms with E-state index in [0.29, 0.717) is 5.02 Å². The predicted molar refractivity (Wildman–Crippen MR) is 57.8 cm³/mol. The van der Waals surface area contributed by atoms with Crippen molar-refractivity contribution in [3.05, 3.63) is 28.3 Å². The van der Waals surface area contributed by atoms with Crippen LogP contribution >= 0.6 is 11.6 Å². The maximum Gasteiger partial charge on any atom is 0.234 e. The molecule has 1 aromatic carbocycles. The lowest BCUT2D eigenvalue weighted by Gasteiger charge is -2.17. The lowest BCUT2D eigenvalue weighted by molar-refractivity contribution is -0.119. The van der Waals surface area contributed by atoms with E-state index in [0.717, 1.165) is 16.8 Å². The molecule has 0 aromatic heterocycles. The van der Waals surface area contributed by atoms with Crippen molar-refractivity contribution in [1.82, 2.24) is 0 Å². The van der Waals surface area contributed by atoms with Crippen LogP contribution < -0.4 is 5.32 Å². The molecule has 0 saturated carbocycles. The molecule has 1 N–H and O–H groups in total. The summed E-state index contributed by atoms with van der Waals surface area (Å²) in [7, 11) is 0. The minimum absolute atomic E-state index is 0.0173. The van der Waals surface area contributed by atoms with Gasteiger partial charge in [0.05, 0.1) is 16.1 Å². The molecule has 14 heavy (non-hydrogen) atoms. The van der Waals surface area contributed by atoms with E-state index in [1.807, 2.05) is 32.9 Å². The molecule has 0 aliphatic carbocycles. The predicted octanol–water partition coefficient (Wildman–Crippen LogP) is 2.88. The average Bonchev–Trinajstić information content (AvgIpc) is 2.33. The lowest BCUT2D eigenvalue weighted by atomic mass is 9.83. The van der Waals surface area contributed by atoms with Crippen LogP contribution in [-0.2, 0) is 10.2 Å². The van der Waals surface area contributed by atoms with E-state index >= 15 is 0 Å². The summed E-state index contributed by atoms with van der Waals surface area (Å²) in [4.78, 5) is 11.7. The number of amides is 1. The second-order valence-corrected chi connectivity index (χ2v) is 4.60. The van der Waals surface area contributed by atoms with Crippen LogP contribution in [-0.4, -0.2) is 5.91 Å². The van der Waals surface area contributed by atoms with Crippen molar-refractivity contribution >= 4 is 23.2 Å². The van der Waals surface area contributed by atoms with Crippen LogP contribution in [0.25, 0.3) is 0 Å². The Kier molecular flexibility index (Phi) is 1.86. The first-order valence-corrected chi connectivity index (χ1v) is 4.93. The van der Waals surface area contributed by atoms with E-state index in [2.05, 4.69) is 5.32 Å². The number of aryl methyl sites for hydroxylation is 1. The van der Waals surface area contributed by atoms with E-state index < -0.39 is 5.41 Å². The third kappa shape index (κ3) is 1.07. The fourth-order valence-electron chi connectivity index (χ4n) is 1.99. The van der Waals surface area contributed by atoms with Gasteiger partial charge >= 0.3 is 0 Å². The minimum atomic E-state index is -0.468. The molecule has 0 bridgehead atoms. The number of carbonyl (C=O) groups is 1. The van der Waals surface area contributed by atoms with Gasteiger partial charge in [0.25, 0.3) is 0 Å². The molecule has 1 aliphatic rings. The van der Waals surface area contributed by atoms with Gasteiger partial charge in [0, 0.05) is 0 Å². The topological polar surface area (TPSA) is 29.1 Å². The normalized spacial score (nSPS) is 17.9. The smallest absolute Gasteiger partial charge is 0.234 e. The first-order chi connectivity index (χ1) is 6.44. The fraction of sp³-hybridized carbons (Fsp3) is 0.364. The Morgan fingerprint density at radius 3 is 2.57 bits per heavy atom. The Morgan fingerprint density at radius 2 is 2.00 bits per heavy atom. The summed E-state index contributed by atoms with van der Waals surface area (Å²) in [5.41, 5.74) is 2.44. The zero-order valence-corrected chi connectivity index (χ0v) is 9.20. The van der Waals surface area contributed by atoms with Gasteiger partial charge in [-0.15, -0.1) is 0 Å². The van der Waals surface area contributed by atoms with Crippen molar-refractivity contribution in [3.63, 3.8) is 0 Å². The third-order valence-electron chi connectivity index (χ3n) is 2.79. The molecule has 1 aliphatic heterocycles. The molecule has 1 aromatic rings. The number of nitrogens with one attached hydrogen (secondary N) is 1. The highest BCUT2D eigenvalue weighted by Crippen LogP contribution is 2.43. The van der Waals surface area contributed by atoms with E-state index in [1.165, 1.54) is 0 Å². The number of hydrogen-bond donors (Lipinski definition) is 1. The maximum absolute atomic E-state index is 11.7. The van der Waals surface area contributed by atoms with Crippen LogP contribution in [0.5, 0.6) is 0 Å². The summed E-state index contributed by atoms with van der Waals surface area (Å²) in [6.45, 7) is 5.83. The highest BCUT2D eigenvalue weighted by Gasteiger charge is 2.40. The van der Waals surface area contributed by atoms with Gasteiger partial charge in [-0.3, -0.25) is 4.79 Å². The van der Waals surface area contributed by atoms with E-state index in [4.69, 9.17) is 11.6 Å². The van der Waals surface area contributed by atoms with Crippen molar-refractivity contribution in [3.8, 4) is 0 Å². The first kappa shape index (κ1) is 9.53. The Balaban J connectivity index is 2.76. The average molecular weight is 210 g/mol. The molecular weight excluding hydrogens is 198 g/mol. The van der Waals surface area contributed by atoms with Crippen LogP contribution in [0.3, 0.4) is 0 Å². The highest BCUT2D eigenvalue weighted by molar-refractivity contribution is 6.34. The van der Waals surface area contributed by atoms with Gasteiger partial charge in [-0.25, -0.2) is 0 Å². The van der Waals surface area contributed by atoms with Gasteiger partial charge in [-0.05, 0) is 38.0 Å². The van der Waals surface area contributed by atoms with Crippen LogP contribution in [0.2, 0.25) is 5.02 Å². The van der Waals surface area contributed by atoms with Gasteiger partial charge < -0.3 is 5.32 Å². The summed E-state index contributed by atoms with van der Waals surface area (Å²) >= 11 is 6.02. The lowest BCUT2D eigenvalue weighted by Crippen LogP contribution is -2.27. The standard InChI is InChI=1S/C11H12ClNO/c1-6-4-5-7(12)9-8(6)11(2,3)10(14)13-9/h4-5H,1-3H3,(H,13,14). The molecule has 74 valence electrons. The molecule has 2 rings (SSSR count). The minimum Gasteiger partial charge on any atom is -0.324 e. The van der Waals surface area contributed by atoms with E-state index in [9.17, 15) is 4.79 Å². The Bertz CT molecular complexity index is 424. The fourth-order valence-corrected chi connectivity index (χ4v) is 2.20. The number of benzene rings is 1. The molecule has 0 radical (unpaired) electrons. The number of rotatable bonds is 0. The van der Waals surface area contributed by atoms with Crippen molar-refractivity contribution in [1.29, 1.82) is 0 Å². The molecule has 2 nitrogen and oxygen atoms in total. The summed E-state index contributed by atoms with van der Waals surface area (Å²) < 4.78 is 0. The maximum atomic E-state index is 11.7. The number of carbonyl (C=O) groups excluding carboxylic acids is 1. The SMILES string of the molecule is Cc1ccc(Cl)c2c1C(C)(C)C(=O)N2. The highest BCUT2D eigenvalue weighted by atomic mass is 35.5. The number of anilines is 1. The molecule has 0 atom stereocenters. The van der Waals surface area contributed by atoms with E-state index in [1.54, 1.807) is 0 Å². The van der Waals surface area contributed by atoms with Crippen molar-refractivity contribution in [2.75, 3.05) is 5.32 Å². The monoisotopic (exact) mass is 209 g/mol. The van der Waals surface area contributed by atoms with Crippen LogP contribution in [0, 0.1) is 6.92 Å². The quantitative estimate of drug-likeness (QED) is 0.700. The Labute approximate surface area is 88.3 Å². The molecule has 0 spiro atoms. The van der Waals surface area contributed by atoms with Crippen LogP contribution in [0.4, 0.5) is 5.69 Å². The van der Waals surface area contributed by atoms with Crippen molar-refractivity contribution in [2.45, 2.75) is 26.2 Å². The zero-order chi connectivity index (χ0) is 10.5. The largest absolute Gasteiger partial charge is 0.324 e. The Morgan fingerprint density at radius 1 is 1.36 bits per heavy atom. The molecular formula is C11H12ClNO. The summed E-state index contributed by atoms with van der Waals surface area (Å²) in [6.07, 6.45) is 0. The van der Waals surface area contributed by atoms with Gasteiger partial charge in [-0.1, -0.05) is 17.7 Å². The van der Waals surface area contributed by atoms with Gasteiger partial charge in [-0.2, -0.15) is 0 Å². The second kappa shape index (κ2) is 2.74. The summed E-state index contributed by atoms with van der Waals surface area (Å²) in [5, 5.41) is 3.44. The summed E-state index contributed by atoms with van der Waals surface area (Å²) in [6, 6.07) is 3.76. The molecule has 0 unspecified atom stereocenters. The summed E-state index contributed by atoms with van der Waals surface area (Å²) in [5.74, 6) is 0.0173. The third-order valence-corrected chi connectivity index (χ3v) is 3.11. The first-order valence-electron chi connectivity index (χ1n) is 4.55. The van der Waals surface area contributed by atoms with Crippen LogP contribution in [0.1, 0.15) is 25.0 Å². The zero-order valence-electron chi connectivity index (χ0n) is 8.44. The van der Waals surface area contributed by atoms with E-state index in [-0.39, 0.29) is 5.91 Å². The number of halogens is 1. The number of fused-ring (bicyclic) bond motifs is 1.